The number of carboxylic acids is 1. The van der Waals surface area contributed by atoms with Crippen molar-refractivity contribution in [2.45, 2.75) is 25.7 Å². The summed E-state index contributed by atoms with van der Waals surface area (Å²) < 4.78 is 0. The molecule has 0 radical (unpaired) electrons. The lowest BCUT2D eigenvalue weighted by Crippen LogP contribution is -2.55. The molecule has 0 aromatic rings. The first-order chi connectivity index (χ1) is 10.1. The quantitative estimate of drug-likeness (QED) is 0.697. The number of nitrogens with one attached hydrogen (secondary N) is 2. The number of nitrogens with zero attached hydrogens (tertiary/aromatic N) is 2. The maximum absolute atomic E-state index is 11.9. The van der Waals surface area contributed by atoms with Crippen LogP contribution in [0.15, 0.2) is 0 Å². The third-order valence-electron chi connectivity index (χ3n) is 4.51. The molecule has 0 bridgehead atoms. The van der Waals surface area contributed by atoms with Gasteiger partial charge in [0.05, 0.1) is 5.92 Å². The van der Waals surface area contributed by atoms with Crippen molar-refractivity contribution in [2.24, 2.45) is 11.8 Å². The largest absolute Gasteiger partial charge is 0.481 e. The molecule has 0 aromatic heterocycles. The second kappa shape index (κ2) is 7.61. The van der Waals surface area contributed by atoms with Crippen LogP contribution in [0.1, 0.15) is 25.7 Å². The minimum atomic E-state index is -0.735. The Morgan fingerprint density at radius 3 is 2.48 bits per heavy atom. The average Bonchev–Trinajstić information content (AvgIpc) is 2.48. The predicted octanol–water partition coefficient (Wildman–Crippen LogP) is 0.339. The molecule has 3 N–H and O–H groups in total. The first-order valence-corrected chi connectivity index (χ1v) is 7.77. The fourth-order valence-electron chi connectivity index (χ4n) is 3.10. The van der Waals surface area contributed by atoms with Gasteiger partial charge in [0.1, 0.15) is 0 Å². The van der Waals surface area contributed by atoms with Crippen molar-refractivity contribution in [1.29, 1.82) is 0 Å². The highest BCUT2D eigenvalue weighted by atomic mass is 16.4. The minimum Gasteiger partial charge on any atom is -0.481 e. The molecule has 0 spiro atoms. The van der Waals surface area contributed by atoms with E-state index in [4.69, 9.17) is 0 Å². The maximum atomic E-state index is 11.9. The number of aliphatic carboxylic acids is 1. The summed E-state index contributed by atoms with van der Waals surface area (Å²) in [7, 11) is 2.06. The third kappa shape index (κ3) is 4.86. The van der Waals surface area contributed by atoms with E-state index in [9.17, 15) is 14.7 Å². The van der Waals surface area contributed by atoms with Crippen LogP contribution in [0.25, 0.3) is 0 Å². The molecule has 0 aromatic carbocycles. The summed E-state index contributed by atoms with van der Waals surface area (Å²) in [6, 6.07) is -0.228. The molecule has 2 fully saturated rings. The molecule has 1 aliphatic heterocycles. The van der Waals surface area contributed by atoms with Gasteiger partial charge >= 0.3 is 12.0 Å². The standard InChI is InChI=1S/C14H26N4O3/c1-17-6-8-18(9-7-17)16-14(21)15-10-11-4-2-3-5-12(11)13(19)20/h11-12H,2-10H2,1H3,(H,19,20)(H2,15,16,21). The van der Waals surface area contributed by atoms with Crippen molar-refractivity contribution in [1.82, 2.24) is 20.7 Å². The van der Waals surface area contributed by atoms with Crippen molar-refractivity contribution in [3.8, 4) is 0 Å². The van der Waals surface area contributed by atoms with Crippen molar-refractivity contribution < 1.29 is 14.7 Å². The van der Waals surface area contributed by atoms with Crippen molar-refractivity contribution in [3.05, 3.63) is 0 Å². The van der Waals surface area contributed by atoms with Gasteiger partial charge in [-0.2, -0.15) is 0 Å². The van der Waals surface area contributed by atoms with E-state index in [1.54, 1.807) is 0 Å². The number of carbonyl (C=O) groups excluding carboxylic acids is 1. The Bertz CT molecular complexity index is 369. The molecule has 1 aliphatic carbocycles. The number of hydrogen-bond donors (Lipinski definition) is 3. The molecule has 2 atom stereocenters. The number of hydrogen-bond acceptors (Lipinski definition) is 4. The number of carboxylic acid groups (broad SMARTS) is 1. The lowest BCUT2D eigenvalue weighted by Gasteiger charge is -2.33. The molecular weight excluding hydrogens is 272 g/mol. The zero-order chi connectivity index (χ0) is 15.2. The summed E-state index contributed by atoms with van der Waals surface area (Å²) >= 11 is 0. The van der Waals surface area contributed by atoms with Gasteiger partial charge in [0.15, 0.2) is 0 Å². The Balaban J connectivity index is 1.71. The van der Waals surface area contributed by atoms with Crippen LogP contribution in [0.3, 0.4) is 0 Å². The number of amides is 2. The fraction of sp³-hybridized carbons (Fsp3) is 0.857. The zero-order valence-corrected chi connectivity index (χ0v) is 12.7. The van der Waals surface area contributed by atoms with E-state index < -0.39 is 5.97 Å². The lowest BCUT2D eigenvalue weighted by atomic mass is 9.79. The molecule has 2 aliphatic rings. The number of rotatable bonds is 4. The minimum absolute atomic E-state index is 0.0505. The molecule has 1 saturated carbocycles. The van der Waals surface area contributed by atoms with Crippen LogP contribution < -0.4 is 10.7 Å². The highest BCUT2D eigenvalue weighted by Crippen LogP contribution is 2.29. The number of hydrazine groups is 1. The smallest absolute Gasteiger partial charge is 0.329 e. The van der Waals surface area contributed by atoms with Gasteiger partial charge in [0.25, 0.3) is 0 Å². The number of urea groups is 1. The summed E-state index contributed by atoms with van der Waals surface area (Å²) in [4.78, 5) is 25.3. The summed E-state index contributed by atoms with van der Waals surface area (Å²) in [5.41, 5.74) is 2.83. The number of piperazine rings is 1. The molecule has 2 unspecified atom stereocenters. The number of carbonyl (C=O) groups is 2. The molecule has 1 saturated heterocycles. The highest BCUT2D eigenvalue weighted by Gasteiger charge is 2.30. The van der Waals surface area contributed by atoms with Gasteiger partial charge < -0.3 is 15.3 Å². The van der Waals surface area contributed by atoms with Gasteiger partial charge in [-0.15, -0.1) is 0 Å². The molecule has 2 amide bonds. The van der Waals surface area contributed by atoms with E-state index in [0.717, 1.165) is 51.9 Å². The van der Waals surface area contributed by atoms with Crippen molar-refractivity contribution >= 4 is 12.0 Å². The van der Waals surface area contributed by atoms with E-state index in [1.165, 1.54) is 0 Å². The van der Waals surface area contributed by atoms with E-state index in [0.29, 0.717) is 6.54 Å². The van der Waals surface area contributed by atoms with Crippen LogP contribution in [-0.2, 0) is 4.79 Å². The molecule has 21 heavy (non-hydrogen) atoms. The van der Waals surface area contributed by atoms with Gasteiger partial charge in [-0.3, -0.25) is 10.2 Å². The first-order valence-electron chi connectivity index (χ1n) is 7.77. The topological polar surface area (TPSA) is 84.9 Å². The SMILES string of the molecule is CN1CCN(NC(=O)NCC2CCCCC2C(=O)O)CC1. The fourth-order valence-corrected chi connectivity index (χ4v) is 3.10. The van der Waals surface area contributed by atoms with Gasteiger partial charge in [0, 0.05) is 32.7 Å². The highest BCUT2D eigenvalue weighted by molar-refractivity contribution is 5.74. The predicted molar refractivity (Wildman–Crippen MR) is 78.7 cm³/mol. The second-order valence-corrected chi connectivity index (χ2v) is 6.10. The van der Waals surface area contributed by atoms with Gasteiger partial charge in [-0.05, 0) is 25.8 Å². The summed E-state index contributed by atoms with van der Waals surface area (Å²) in [6.07, 6.45) is 3.63. The van der Waals surface area contributed by atoms with Gasteiger partial charge in [-0.25, -0.2) is 9.80 Å². The van der Waals surface area contributed by atoms with E-state index in [1.807, 2.05) is 5.01 Å². The number of likely N-dealkylation sites (N-methyl/N-ethyl adjacent to an activating group) is 1. The normalized spacial score (nSPS) is 28.0. The van der Waals surface area contributed by atoms with Crippen LogP contribution in [0.2, 0.25) is 0 Å². The lowest BCUT2D eigenvalue weighted by molar-refractivity contribution is -0.144. The monoisotopic (exact) mass is 298 g/mol. The molecule has 120 valence electrons. The van der Waals surface area contributed by atoms with Crippen molar-refractivity contribution in [2.75, 3.05) is 39.8 Å². The summed E-state index contributed by atoms with van der Waals surface area (Å²) in [5.74, 6) is -1.00. The van der Waals surface area contributed by atoms with Crippen LogP contribution in [0, 0.1) is 11.8 Å². The van der Waals surface area contributed by atoms with E-state index in [-0.39, 0.29) is 17.9 Å². The van der Waals surface area contributed by atoms with E-state index in [2.05, 4.69) is 22.7 Å². The van der Waals surface area contributed by atoms with E-state index >= 15 is 0 Å². The molecule has 1 heterocycles. The Hall–Kier alpha value is -1.34. The maximum Gasteiger partial charge on any atom is 0.329 e. The summed E-state index contributed by atoms with van der Waals surface area (Å²) in [6.45, 7) is 3.93. The average molecular weight is 298 g/mol. The van der Waals surface area contributed by atoms with Crippen molar-refractivity contribution in [3.63, 3.8) is 0 Å². The zero-order valence-electron chi connectivity index (χ0n) is 12.7. The molecule has 7 heteroatoms. The van der Waals surface area contributed by atoms with Crippen LogP contribution >= 0.6 is 0 Å². The Morgan fingerprint density at radius 1 is 1.14 bits per heavy atom. The van der Waals surface area contributed by atoms with Gasteiger partial charge in [0.2, 0.25) is 0 Å². The molecule has 7 nitrogen and oxygen atoms in total. The van der Waals surface area contributed by atoms with Crippen LogP contribution in [0.5, 0.6) is 0 Å². The Morgan fingerprint density at radius 2 is 1.81 bits per heavy atom. The Labute approximate surface area is 125 Å². The van der Waals surface area contributed by atoms with Crippen LogP contribution in [0.4, 0.5) is 4.79 Å². The molecular formula is C14H26N4O3. The second-order valence-electron chi connectivity index (χ2n) is 6.10. The van der Waals surface area contributed by atoms with Crippen LogP contribution in [-0.4, -0.2) is 66.8 Å². The summed E-state index contributed by atoms with van der Waals surface area (Å²) in [5, 5.41) is 14.0. The van der Waals surface area contributed by atoms with Gasteiger partial charge in [-0.1, -0.05) is 12.8 Å². The Kier molecular flexibility index (Phi) is 5.81. The first kappa shape index (κ1) is 16.0. The third-order valence-corrected chi connectivity index (χ3v) is 4.51. The molecule has 2 rings (SSSR count).